The zero-order valence-electron chi connectivity index (χ0n) is 45.5. The molecule has 0 aliphatic carbocycles. The molecular formula is C78H51N3O3. The molecular weight excluding hydrogens is 1030 g/mol. The third-order valence-corrected chi connectivity index (χ3v) is 16.2. The average Bonchev–Trinajstić information content (AvgIpc) is 4.47. The van der Waals surface area contributed by atoms with Crippen LogP contribution in [-0.2, 0) is 0 Å². The molecule has 6 nitrogen and oxygen atoms in total. The summed E-state index contributed by atoms with van der Waals surface area (Å²) in [4.78, 5) is 6.88. The second kappa shape index (κ2) is 20.3. The van der Waals surface area contributed by atoms with Gasteiger partial charge < -0.3 is 28.0 Å². The number of anilines is 9. The molecule has 0 atom stereocenters. The van der Waals surface area contributed by atoms with Crippen molar-refractivity contribution in [2.75, 3.05) is 14.7 Å². The van der Waals surface area contributed by atoms with Crippen LogP contribution in [-0.4, -0.2) is 0 Å². The minimum absolute atomic E-state index is 0.811. The van der Waals surface area contributed by atoms with Crippen molar-refractivity contribution in [3.8, 4) is 33.4 Å². The van der Waals surface area contributed by atoms with E-state index in [9.17, 15) is 0 Å². The van der Waals surface area contributed by atoms with E-state index < -0.39 is 0 Å². The van der Waals surface area contributed by atoms with E-state index >= 15 is 0 Å². The number of para-hydroxylation sites is 9. The molecule has 6 heteroatoms. The third kappa shape index (κ3) is 8.43. The molecule has 0 bridgehead atoms. The molecule has 0 radical (unpaired) electrons. The fourth-order valence-electron chi connectivity index (χ4n) is 12.4. The Kier molecular flexibility index (Phi) is 11.8. The Hall–Kier alpha value is -11.3. The van der Waals surface area contributed by atoms with Crippen LogP contribution in [0.2, 0.25) is 0 Å². The van der Waals surface area contributed by atoms with Crippen molar-refractivity contribution in [1.29, 1.82) is 0 Å². The van der Waals surface area contributed by atoms with Crippen LogP contribution in [0.5, 0.6) is 0 Å². The summed E-state index contributed by atoms with van der Waals surface area (Å²) in [5.74, 6) is 0. The zero-order chi connectivity index (χ0) is 55.5. The van der Waals surface area contributed by atoms with Crippen LogP contribution in [0.3, 0.4) is 0 Å². The van der Waals surface area contributed by atoms with Crippen LogP contribution >= 0.6 is 0 Å². The fraction of sp³-hybridized carbons (Fsp3) is 0. The van der Waals surface area contributed by atoms with Crippen molar-refractivity contribution in [1.82, 2.24) is 0 Å². The largest absolute Gasteiger partial charge is 0.455 e. The minimum Gasteiger partial charge on any atom is -0.455 e. The lowest BCUT2D eigenvalue weighted by Gasteiger charge is -2.25. The van der Waals surface area contributed by atoms with Gasteiger partial charge in [-0.05, 0) is 162 Å². The summed E-state index contributed by atoms with van der Waals surface area (Å²) in [5.41, 5.74) is 20.3. The van der Waals surface area contributed by atoms with Crippen LogP contribution in [0.25, 0.3) is 99.2 Å². The summed E-state index contributed by atoms with van der Waals surface area (Å²) < 4.78 is 21.1. The van der Waals surface area contributed by atoms with Gasteiger partial charge in [-0.3, -0.25) is 0 Å². The summed E-state index contributed by atoms with van der Waals surface area (Å²) in [6.45, 7) is 0. The molecule has 0 N–H and O–H groups in total. The van der Waals surface area contributed by atoms with Gasteiger partial charge in [0.1, 0.15) is 33.5 Å². The van der Waals surface area contributed by atoms with Crippen molar-refractivity contribution < 1.29 is 13.3 Å². The quantitative estimate of drug-likeness (QED) is 0.122. The van der Waals surface area contributed by atoms with Gasteiger partial charge in [0.15, 0.2) is 0 Å². The first-order chi connectivity index (χ1) is 41.6. The molecule has 13 aromatic carbocycles. The van der Waals surface area contributed by atoms with E-state index in [1.54, 1.807) is 0 Å². The highest BCUT2D eigenvalue weighted by Crippen LogP contribution is 2.47. The molecule has 3 aromatic heterocycles. The van der Waals surface area contributed by atoms with Crippen LogP contribution < -0.4 is 14.7 Å². The predicted octanol–water partition coefficient (Wildman–Crippen LogP) is 22.8. The lowest BCUT2D eigenvalue weighted by atomic mass is 9.91. The van der Waals surface area contributed by atoms with Gasteiger partial charge in [-0.1, -0.05) is 164 Å². The van der Waals surface area contributed by atoms with Crippen molar-refractivity contribution >= 4 is 117 Å². The summed E-state index contributed by atoms with van der Waals surface area (Å²) in [7, 11) is 0. The molecule has 0 aliphatic rings. The average molecular weight is 1080 g/mol. The number of hydrogen-bond donors (Lipinski definition) is 0. The highest BCUT2D eigenvalue weighted by Gasteiger charge is 2.23. The van der Waals surface area contributed by atoms with Crippen molar-refractivity contribution in [2.45, 2.75) is 0 Å². The van der Waals surface area contributed by atoms with Gasteiger partial charge in [-0.2, -0.15) is 0 Å². The van der Waals surface area contributed by atoms with E-state index in [0.29, 0.717) is 0 Å². The lowest BCUT2D eigenvalue weighted by Crippen LogP contribution is -2.09. The molecule has 0 spiro atoms. The molecule has 16 aromatic rings. The van der Waals surface area contributed by atoms with Crippen LogP contribution in [0.1, 0.15) is 0 Å². The third-order valence-electron chi connectivity index (χ3n) is 16.2. The van der Waals surface area contributed by atoms with E-state index in [-0.39, 0.29) is 0 Å². The number of fused-ring (bicyclic) bond motifs is 9. The number of benzene rings is 13. The molecule has 3 heterocycles. The van der Waals surface area contributed by atoms with E-state index in [4.69, 9.17) is 13.3 Å². The van der Waals surface area contributed by atoms with Gasteiger partial charge in [-0.25, -0.2) is 0 Å². The summed E-state index contributed by atoms with van der Waals surface area (Å²) in [6, 6.07) is 109. The fourth-order valence-corrected chi connectivity index (χ4v) is 12.4. The van der Waals surface area contributed by atoms with Crippen LogP contribution in [0.4, 0.5) is 51.2 Å². The minimum atomic E-state index is 0.811. The Bertz CT molecular complexity index is 4440. The molecule has 0 saturated heterocycles. The van der Waals surface area contributed by atoms with Gasteiger partial charge in [0.05, 0.1) is 0 Å². The first-order valence-corrected chi connectivity index (χ1v) is 28.4. The van der Waals surface area contributed by atoms with Gasteiger partial charge in [0.2, 0.25) is 0 Å². The normalized spacial score (nSPS) is 11.6. The van der Waals surface area contributed by atoms with Gasteiger partial charge in [0, 0.05) is 100 Å². The smallest absolute Gasteiger partial charge is 0.143 e. The number of hydrogen-bond acceptors (Lipinski definition) is 6. The first kappa shape index (κ1) is 48.6. The van der Waals surface area contributed by atoms with Gasteiger partial charge >= 0.3 is 0 Å². The standard InChI is InChI=1S/C78H51N3O3/c1-7-22-55(23-8-1)79(56-24-9-2-10-25-56)61-40-43-73-70(49-61)67-37-19-34-64(76(67)82-73)52-46-53(65-35-20-38-68-71-50-62(41-44-74(71)83-77(65)68)80(57-26-11-3-12-27-57)58-28-13-4-14-29-58)48-54(47-52)66-36-21-39-69-72-51-63(42-45-75(72)84-78(66)69)81(59-30-15-5-16-31-59)60-32-17-6-18-33-60/h1-51H. The summed E-state index contributed by atoms with van der Waals surface area (Å²) in [6.07, 6.45) is 0. The topological polar surface area (TPSA) is 49.1 Å². The first-order valence-electron chi connectivity index (χ1n) is 28.4. The highest BCUT2D eigenvalue weighted by molar-refractivity contribution is 6.15. The molecule has 0 aliphatic heterocycles. The maximum Gasteiger partial charge on any atom is 0.143 e. The number of furan rings is 3. The second-order valence-corrected chi connectivity index (χ2v) is 21.2. The highest BCUT2D eigenvalue weighted by atomic mass is 16.3. The molecule has 16 rings (SSSR count). The Morgan fingerprint density at radius 1 is 0.179 bits per heavy atom. The van der Waals surface area contributed by atoms with Crippen LogP contribution in [0, 0.1) is 0 Å². The van der Waals surface area contributed by atoms with Gasteiger partial charge in [-0.15, -0.1) is 0 Å². The summed E-state index contributed by atoms with van der Waals surface area (Å²) in [5, 5.41) is 6.19. The molecule has 396 valence electrons. The Labute approximate surface area is 485 Å². The Morgan fingerprint density at radius 2 is 0.417 bits per heavy atom. The maximum atomic E-state index is 7.02. The molecule has 0 fully saturated rings. The van der Waals surface area contributed by atoms with E-state index in [2.05, 4.69) is 324 Å². The summed E-state index contributed by atoms with van der Waals surface area (Å²) >= 11 is 0. The van der Waals surface area contributed by atoms with Crippen LogP contribution in [0.15, 0.2) is 323 Å². The molecule has 0 amide bonds. The monoisotopic (exact) mass is 1080 g/mol. The van der Waals surface area contributed by atoms with E-state index in [0.717, 1.165) is 150 Å². The van der Waals surface area contributed by atoms with E-state index in [1.807, 2.05) is 0 Å². The molecule has 0 unspecified atom stereocenters. The number of rotatable bonds is 12. The molecule has 0 saturated carbocycles. The second-order valence-electron chi connectivity index (χ2n) is 21.2. The van der Waals surface area contributed by atoms with Crippen molar-refractivity contribution in [2.24, 2.45) is 0 Å². The Morgan fingerprint density at radius 3 is 0.655 bits per heavy atom. The zero-order valence-corrected chi connectivity index (χ0v) is 45.5. The predicted molar refractivity (Wildman–Crippen MR) is 349 cm³/mol. The number of nitrogens with zero attached hydrogens (tertiary/aromatic N) is 3. The van der Waals surface area contributed by atoms with Crippen molar-refractivity contribution in [3.63, 3.8) is 0 Å². The van der Waals surface area contributed by atoms with Gasteiger partial charge in [0.25, 0.3) is 0 Å². The van der Waals surface area contributed by atoms with E-state index in [1.165, 1.54) is 0 Å². The van der Waals surface area contributed by atoms with Crippen molar-refractivity contribution in [3.05, 3.63) is 309 Å². The molecule has 84 heavy (non-hydrogen) atoms. The Balaban J connectivity index is 0.883. The lowest BCUT2D eigenvalue weighted by molar-refractivity contribution is 0.670. The maximum absolute atomic E-state index is 7.02. The SMILES string of the molecule is c1ccc(N(c2ccccc2)c2ccc3oc4c(-c5cc(-c6cccc7c6oc6ccc(N(c8ccccc8)c8ccccc8)cc67)cc(-c6cccc7c6oc6ccc(N(c8ccccc8)c8ccccc8)cc67)c5)cccc4c3c2)cc1.